The monoisotopic (exact) mass is 405 g/mol. The predicted octanol–water partition coefficient (Wildman–Crippen LogP) is 2.76. The van der Waals surface area contributed by atoms with E-state index in [0.29, 0.717) is 10.3 Å². The van der Waals surface area contributed by atoms with E-state index in [-0.39, 0.29) is 17.8 Å². The standard InChI is InChI=1S/C18H17F2N5O2S/c19-11-4-5-12(20)13(8-11)22-14(26)9-25-10-21-16-15(17(25)27)28-18(23-16)24-6-2-1-3-7-24/h4-5,8,10H,1-3,6-7,9H2,(H,22,26). The van der Waals surface area contributed by atoms with Crippen LogP contribution < -0.4 is 15.8 Å². The van der Waals surface area contributed by atoms with Gasteiger partial charge in [-0.3, -0.25) is 14.2 Å². The van der Waals surface area contributed by atoms with Crippen molar-refractivity contribution in [1.82, 2.24) is 14.5 Å². The first-order valence-corrected chi connectivity index (χ1v) is 9.69. The van der Waals surface area contributed by atoms with Crippen LogP contribution in [0.5, 0.6) is 0 Å². The predicted molar refractivity (Wildman–Crippen MR) is 103 cm³/mol. The van der Waals surface area contributed by atoms with E-state index < -0.39 is 17.5 Å². The van der Waals surface area contributed by atoms with Gasteiger partial charge >= 0.3 is 0 Å². The van der Waals surface area contributed by atoms with E-state index in [9.17, 15) is 18.4 Å². The number of hydrogen-bond acceptors (Lipinski definition) is 6. The summed E-state index contributed by atoms with van der Waals surface area (Å²) >= 11 is 1.26. The van der Waals surface area contributed by atoms with Crippen molar-refractivity contribution in [2.45, 2.75) is 25.8 Å². The van der Waals surface area contributed by atoms with Gasteiger partial charge in [0.15, 0.2) is 10.8 Å². The summed E-state index contributed by atoms with van der Waals surface area (Å²) in [7, 11) is 0. The quantitative estimate of drug-likeness (QED) is 0.722. The molecule has 3 heterocycles. The minimum Gasteiger partial charge on any atom is -0.348 e. The molecule has 2 aromatic heterocycles. The molecule has 1 fully saturated rings. The number of amides is 1. The second-order valence-corrected chi connectivity index (χ2v) is 7.52. The van der Waals surface area contributed by atoms with Crippen molar-refractivity contribution in [1.29, 1.82) is 0 Å². The van der Waals surface area contributed by atoms with Crippen molar-refractivity contribution >= 4 is 38.4 Å². The minimum atomic E-state index is -0.760. The summed E-state index contributed by atoms with van der Waals surface area (Å²) in [6.45, 7) is 1.43. The zero-order valence-corrected chi connectivity index (χ0v) is 15.6. The van der Waals surface area contributed by atoms with Gasteiger partial charge in [-0.05, 0) is 31.4 Å². The number of piperidine rings is 1. The van der Waals surface area contributed by atoms with Crippen molar-refractivity contribution in [2.24, 2.45) is 0 Å². The fraction of sp³-hybridized carbons (Fsp3) is 0.333. The molecule has 7 nitrogen and oxygen atoms in total. The van der Waals surface area contributed by atoms with Crippen LogP contribution in [0.15, 0.2) is 29.3 Å². The lowest BCUT2D eigenvalue weighted by Gasteiger charge is -2.25. The van der Waals surface area contributed by atoms with Crippen molar-refractivity contribution in [3.8, 4) is 0 Å². The Morgan fingerprint density at radius 1 is 1.21 bits per heavy atom. The van der Waals surface area contributed by atoms with Crippen LogP contribution in [-0.4, -0.2) is 33.5 Å². The van der Waals surface area contributed by atoms with E-state index in [0.717, 1.165) is 53.8 Å². The third kappa shape index (κ3) is 3.72. The van der Waals surface area contributed by atoms with Gasteiger partial charge in [0.1, 0.15) is 29.2 Å². The summed E-state index contributed by atoms with van der Waals surface area (Å²) in [4.78, 5) is 35.6. The summed E-state index contributed by atoms with van der Waals surface area (Å²) in [5.74, 6) is -2.09. The second kappa shape index (κ2) is 7.63. The highest BCUT2D eigenvalue weighted by molar-refractivity contribution is 7.22. The number of thiazole rings is 1. The number of anilines is 2. The van der Waals surface area contributed by atoms with Crippen LogP contribution >= 0.6 is 11.3 Å². The number of nitrogens with one attached hydrogen (secondary N) is 1. The number of carbonyl (C=O) groups is 1. The maximum atomic E-state index is 13.7. The maximum Gasteiger partial charge on any atom is 0.273 e. The average Bonchev–Trinajstić information content (AvgIpc) is 3.13. The number of fused-ring (bicyclic) bond motifs is 1. The summed E-state index contributed by atoms with van der Waals surface area (Å²) in [5.41, 5.74) is -0.318. The van der Waals surface area contributed by atoms with E-state index in [1.807, 2.05) is 0 Å². The van der Waals surface area contributed by atoms with E-state index in [1.54, 1.807) is 0 Å². The van der Waals surface area contributed by atoms with Crippen LogP contribution in [0.25, 0.3) is 10.3 Å². The molecule has 3 aromatic rings. The molecule has 0 unspecified atom stereocenters. The van der Waals surface area contributed by atoms with Gasteiger partial charge in [0.25, 0.3) is 5.56 Å². The molecule has 146 valence electrons. The third-order valence-corrected chi connectivity index (χ3v) is 5.61. The summed E-state index contributed by atoms with van der Waals surface area (Å²) in [6.07, 6.45) is 4.61. The van der Waals surface area contributed by atoms with Crippen molar-refractivity contribution < 1.29 is 13.6 Å². The molecule has 1 amide bonds. The SMILES string of the molecule is O=C(Cn1cnc2nc(N3CCCCC3)sc2c1=O)Nc1cc(F)ccc1F. The van der Waals surface area contributed by atoms with Gasteiger partial charge in [0.05, 0.1) is 5.69 Å². The Morgan fingerprint density at radius 2 is 2.00 bits per heavy atom. The molecule has 28 heavy (non-hydrogen) atoms. The zero-order valence-electron chi connectivity index (χ0n) is 14.8. The van der Waals surface area contributed by atoms with Gasteiger partial charge in [0.2, 0.25) is 5.91 Å². The fourth-order valence-corrected chi connectivity index (χ4v) is 4.13. The minimum absolute atomic E-state index is 0.280. The molecule has 1 aromatic carbocycles. The third-order valence-electron chi connectivity index (χ3n) is 4.52. The van der Waals surface area contributed by atoms with Gasteiger partial charge < -0.3 is 10.2 Å². The molecule has 0 spiro atoms. The van der Waals surface area contributed by atoms with E-state index in [4.69, 9.17) is 0 Å². The lowest BCUT2D eigenvalue weighted by atomic mass is 10.1. The van der Waals surface area contributed by atoms with Gasteiger partial charge in [0, 0.05) is 19.2 Å². The van der Waals surface area contributed by atoms with Gasteiger partial charge in [-0.1, -0.05) is 11.3 Å². The Morgan fingerprint density at radius 3 is 2.79 bits per heavy atom. The van der Waals surface area contributed by atoms with Crippen LogP contribution in [0, 0.1) is 11.6 Å². The summed E-state index contributed by atoms with van der Waals surface area (Å²) in [6, 6.07) is 2.76. The smallest absolute Gasteiger partial charge is 0.273 e. The molecule has 1 aliphatic heterocycles. The molecule has 4 rings (SSSR count). The maximum absolute atomic E-state index is 13.7. The molecular formula is C18H17F2N5O2S. The summed E-state index contributed by atoms with van der Waals surface area (Å²) in [5, 5.41) is 3.02. The van der Waals surface area contributed by atoms with Crippen LogP contribution in [0.1, 0.15) is 19.3 Å². The Bertz CT molecular complexity index is 1090. The first kappa shape index (κ1) is 18.5. The highest BCUT2D eigenvalue weighted by Crippen LogP contribution is 2.27. The number of rotatable bonds is 4. The molecule has 1 N–H and O–H groups in total. The van der Waals surface area contributed by atoms with Crippen LogP contribution in [-0.2, 0) is 11.3 Å². The molecule has 1 aliphatic rings. The number of carbonyl (C=O) groups excluding carboxylic acids is 1. The van der Waals surface area contributed by atoms with Crippen LogP contribution in [0.4, 0.5) is 19.6 Å². The van der Waals surface area contributed by atoms with E-state index >= 15 is 0 Å². The first-order chi connectivity index (χ1) is 13.5. The van der Waals surface area contributed by atoms with Crippen LogP contribution in [0.2, 0.25) is 0 Å². The molecular weight excluding hydrogens is 388 g/mol. The van der Waals surface area contributed by atoms with Crippen molar-refractivity contribution in [3.63, 3.8) is 0 Å². The second-order valence-electron chi connectivity index (χ2n) is 6.55. The Labute approximate surface area is 162 Å². The fourth-order valence-electron chi connectivity index (χ4n) is 3.11. The molecule has 0 atom stereocenters. The molecule has 0 bridgehead atoms. The Kier molecular flexibility index (Phi) is 5.03. The Hall–Kier alpha value is -2.88. The number of halogens is 2. The first-order valence-electron chi connectivity index (χ1n) is 8.87. The van der Waals surface area contributed by atoms with Gasteiger partial charge in [-0.15, -0.1) is 0 Å². The van der Waals surface area contributed by atoms with Crippen molar-refractivity contribution in [2.75, 3.05) is 23.3 Å². The molecule has 1 saturated heterocycles. The van der Waals surface area contributed by atoms with Gasteiger partial charge in [-0.25, -0.2) is 13.8 Å². The normalized spacial score (nSPS) is 14.4. The van der Waals surface area contributed by atoms with Crippen LogP contribution in [0.3, 0.4) is 0 Å². The molecule has 0 saturated carbocycles. The summed E-state index contributed by atoms with van der Waals surface area (Å²) < 4.78 is 28.4. The highest BCUT2D eigenvalue weighted by Gasteiger charge is 2.18. The average molecular weight is 405 g/mol. The topological polar surface area (TPSA) is 80.1 Å². The number of benzene rings is 1. The largest absolute Gasteiger partial charge is 0.348 e. The lowest BCUT2D eigenvalue weighted by molar-refractivity contribution is -0.116. The molecule has 0 aliphatic carbocycles. The van der Waals surface area contributed by atoms with E-state index in [1.165, 1.54) is 24.1 Å². The molecule has 10 heteroatoms. The zero-order chi connectivity index (χ0) is 19.7. The number of hydrogen-bond donors (Lipinski definition) is 1. The highest BCUT2D eigenvalue weighted by atomic mass is 32.1. The number of nitrogens with zero attached hydrogens (tertiary/aromatic N) is 4. The lowest BCUT2D eigenvalue weighted by Crippen LogP contribution is -2.29. The number of aromatic nitrogens is 3. The van der Waals surface area contributed by atoms with Crippen molar-refractivity contribution in [3.05, 3.63) is 46.5 Å². The van der Waals surface area contributed by atoms with E-state index in [2.05, 4.69) is 20.2 Å². The molecule has 0 radical (unpaired) electrons. The van der Waals surface area contributed by atoms with Gasteiger partial charge in [-0.2, -0.15) is 4.98 Å². The Balaban J connectivity index is 1.55.